The molecule has 224 valence electrons. The van der Waals surface area contributed by atoms with Gasteiger partial charge < -0.3 is 23.9 Å². The molecule has 15 heteroatoms. The molecule has 1 heterocycles. The summed E-state index contributed by atoms with van der Waals surface area (Å²) in [6, 6.07) is 7.12. The molecule has 1 atom stereocenters. The number of nitrogens with zero attached hydrogens (tertiary/aromatic N) is 2. The Morgan fingerprint density at radius 3 is 2.02 bits per heavy atom. The van der Waals surface area contributed by atoms with Crippen LogP contribution in [0.25, 0.3) is 11.5 Å². The molecule has 0 aliphatic carbocycles. The number of rotatable bonds is 19. The second-order valence-corrected chi connectivity index (χ2v) is 8.81. The third-order valence-electron chi connectivity index (χ3n) is 4.95. The van der Waals surface area contributed by atoms with E-state index >= 15 is 0 Å². The minimum absolute atomic E-state index is 0.0867. The Labute approximate surface area is 245 Å². The van der Waals surface area contributed by atoms with Gasteiger partial charge in [0.25, 0.3) is 0 Å². The van der Waals surface area contributed by atoms with Crippen molar-refractivity contribution in [1.82, 2.24) is 10.2 Å². The first-order valence-corrected chi connectivity index (χ1v) is 15.2. The molecule has 0 spiro atoms. The third-order valence-corrected chi connectivity index (χ3v) is 4.95. The molecule has 0 aliphatic heterocycles. The van der Waals surface area contributed by atoms with Gasteiger partial charge in [-0.1, -0.05) is 13.3 Å². The van der Waals surface area contributed by atoms with Gasteiger partial charge in [0.15, 0.2) is 7.18 Å². The van der Waals surface area contributed by atoms with Crippen LogP contribution in [0.3, 0.4) is 0 Å². The average Bonchev–Trinajstić information content (AvgIpc) is 3.37. The second-order valence-electron chi connectivity index (χ2n) is 8.08. The molecule has 1 aromatic carbocycles. The number of ether oxygens (including phenoxy) is 3. The molecular weight excluding hydrogens is 581 g/mol. The van der Waals surface area contributed by atoms with Crippen LogP contribution in [0.1, 0.15) is 57.8 Å². The molecule has 0 saturated heterocycles. The molecule has 1 aromatic heterocycles. The number of benzene rings is 1. The number of anilines is 1. The van der Waals surface area contributed by atoms with E-state index in [1.54, 1.807) is 31.2 Å². The van der Waals surface area contributed by atoms with E-state index in [1.165, 1.54) is 0 Å². The second kappa shape index (κ2) is 26.7. The van der Waals surface area contributed by atoms with Gasteiger partial charge in [-0.3, -0.25) is 14.2 Å². The van der Waals surface area contributed by atoms with Crippen LogP contribution in [0, 0.1) is 6.92 Å². The maximum atomic E-state index is 12.1. The number of aryl methyl sites for hydroxylation is 1. The van der Waals surface area contributed by atoms with Crippen molar-refractivity contribution in [2.45, 2.75) is 58.8 Å². The van der Waals surface area contributed by atoms with E-state index in [9.17, 15) is 9.59 Å². The van der Waals surface area contributed by atoms with Gasteiger partial charge in [-0.05, 0) is 55.3 Å². The summed E-state index contributed by atoms with van der Waals surface area (Å²) in [4.78, 5) is 24.1. The summed E-state index contributed by atoms with van der Waals surface area (Å²) in [6.45, 7) is 7.54. The molecule has 12 nitrogen and oxygen atoms in total. The van der Waals surface area contributed by atoms with Crippen LogP contribution in [0.4, 0.5) is 5.69 Å². The van der Waals surface area contributed by atoms with Crippen LogP contribution in [0.5, 0.6) is 0 Å². The summed E-state index contributed by atoms with van der Waals surface area (Å²) in [5.74, 6) is 0.828. The van der Waals surface area contributed by atoms with E-state index in [0.717, 1.165) is 37.9 Å². The molecule has 0 fully saturated rings. The molecule has 1 unspecified atom stereocenters. The van der Waals surface area contributed by atoms with Crippen LogP contribution in [-0.4, -0.2) is 71.2 Å². The van der Waals surface area contributed by atoms with Crippen molar-refractivity contribution in [2.75, 3.05) is 45.0 Å². The Kier molecular flexibility index (Phi) is 23.8. The normalized spacial score (nSPS) is 10.8. The highest BCUT2D eigenvalue weighted by Gasteiger charge is 2.09. The van der Waals surface area contributed by atoms with Crippen LogP contribution >= 0.6 is 7.18 Å². The number of carbonyl (C=O) groups is 2. The first-order valence-electron chi connectivity index (χ1n) is 13.2. The van der Waals surface area contributed by atoms with Crippen LogP contribution in [-0.2, 0) is 51.7 Å². The highest BCUT2D eigenvalue weighted by Crippen LogP contribution is 2.20. The molecule has 2 aromatic rings. The first-order chi connectivity index (χ1) is 19.7. The summed E-state index contributed by atoms with van der Waals surface area (Å²) in [7, 11) is -2.04. The van der Waals surface area contributed by atoms with Gasteiger partial charge in [0.1, 0.15) is 7.06 Å². The molecule has 0 aliphatic rings. The molecule has 2 rings (SSSR count). The quantitative estimate of drug-likeness (QED) is 0.176. The summed E-state index contributed by atoms with van der Waals surface area (Å²) >= 11 is 3.05. The van der Waals surface area contributed by atoms with E-state index in [1.807, 2.05) is 0 Å². The minimum Gasteiger partial charge on any atom is -0.421 e. The molecule has 1 amide bonds. The predicted octanol–water partition coefficient (Wildman–Crippen LogP) is 4.16. The lowest BCUT2D eigenvalue weighted by molar-refractivity contribution is -0.123. The van der Waals surface area contributed by atoms with Crippen molar-refractivity contribution >= 4 is 47.9 Å². The van der Waals surface area contributed by atoms with Crippen molar-refractivity contribution in [3.8, 4) is 11.5 Å². The van der Waals surface area contributed by atoms with Crippen LogP contribution in [0.15, 0.2) is 28.7 Å². The predicted molar refractivity (Wildman–Crippen MR) is 154 cm³/mol. The Morgan fingerprint density at radius 1 is 0.950 bits per heavy atom. The van der Waals surface area contributed by atoms with Gasteiger partial charge in [0.05, 0.1) is 26.4 Å². The zero-order valence-corrected chi connectivity index (χ0v) is 25.4. The zero-order valence-electron chi connectivity index (χ0n) is 23.8. The van der Waals surface area contributed by atoms with E-state index < -0.39 is 18.8 Å². The summed E-state index contributed by atoms with van der Waals surface area (Å²) in [5.41, 5.74) is 1.43. The number of Topliss-reactive ketones (excluding diaryl/α,β-unsaturated/α-hetero) is 1. The van der Waals surface area contributed by atoms with Gasteiger partial charge in [0, 0.05) is 50.7 Å². The number of aromatic nitrogens is 2. The van der Waals surface area contributed by atoms with Crippen LogP contribution in [0.2, 0.25) is 0 Å². The number of unbranched alkanes of at least 4 members (excludes halogenated alkanes) is 2. The third kappa shape index (κ3) is 21.4. The Hall–Kier alpha value is -2.48. The topological polar surface area (TPSA) is 164 Å². The molecule has 40 heavy (non-hydrogen) atoms. The van der Waals surface area contributed by atoms with E-state index in [2.05, 4.69) is 34.2 Å². The van der Waals surface area contributed by atoms with Crippen molar-refractivity contribution in [2.24, 2.45) is 0 Å². The molecule has 1 N–H and O–H groups in total. The Bertz CT molecular complexity index is 1090. The molecule has 0 radical (unpaired) electrons. The fourth-order valence-electron chi connectivity index (χ4n) is 3.03. The van der Waals surface area contributed by atoms with Crippen LogP contribution < -0.4 is 5.32 Å². The standard InChI is InChI=1S/C25H37N3O6.O2S.HOPS/c1-3-4-14-31-16-18-33-19-17-32-15-6-5-7-23(29)12-13-24(30)26-22-10-8-21(9-11-22)25-28-27-20(2)34-25;1-3-2;1-2-3/h8-11H,3-7,12-19H2,1-2H3,(H,26,30);;2H/i;;2D. The van der Waals surface area contributed by atoms with Crippen molar-refractivity contribution in [3.05, 3.63) is 30.2 Å². The first kappa shape index (κ1) is 35.5. The maximum Gasteiger partial charge on any atom is 0.335 e. The number of carbonyl (C=O) groups excluding carboxylic acids is 2. The largest absolute Gasteiger partial charge is 0.421 e. The fraction of sp³-hybridized carbons (Fsp3) is 0.600. The lowest BCUT2D eigenvalue weighted by Crippen LogP contribution is -2.13. The average molecular weight is 621 g/mol. The highest BCUT2D eigenvalue weighted by molar-refractivity contribution is 7.91. The Morgan fingerprint density at radius 2 is 1.50 bits per heavy atom. The van der Waals surface area contributed by atoms with Gasteiger partial charge in [-0.2, -0.15) is 8.42 Å². The van der Waals surface area contributed by atoms with Crippen molar-refractivity contribution in [1.29, 1.82) is 1.28 Å². The summed E-state index contributed by atoms with van der Waals surface area (Å²) in [5, 5.41) is 10.6. The fourth-order valence-corrected chi connectivity index (χ4v) is 3.03. The lowest BCUT2D eigenvalue weighted by atomic mass is 10.1. The van der Waals surface area contributed by atoms with E-state index in [0.29, 0.717) is 56.9 Å². The molecule has 0 bridgehead atoms. The number of amides is 1. The smallest absolute Gasteiger partial charge is 0.335 e. The Balaban J connectivity index is 0.00000205. The van der Waals surface area contributed by atoms with E-state index in [4.69, 9.17) is 32.9 Å². The lowest BCUT2D eigenvalue weighted by Gasteiger charge is -2.07. The number of hydrogen-bond donors (Lipinski definition) is 1. The highest BCUT2D eigenvalue weighted by atomic mass is 32.4. The van der Waals surface area contributed by atoms with Gasteiger partial charge in [-0.25, -0.2) is 0 Å². The summed E-state index contributed by atoms with van der Waals surface area (Å²) < 4.78 is 53.3. The van der Waals surface area contributed by atoms with E-state index in [-0.39, 0.29) is 24.5 Å². The number of hydrogen-bond acceptors (Lipinski definition) is 12. The minimum atomic E-state index is -2.04. The van der Waals surface area contributed by atoms with Crippen molar-refractivity contribution < 1.29 is 41.2 Å². The molecular formula is C25H38N3O9PS2. The molecule has 0 saturated carbocycles. The monoisotopic (exact) mass is 620 g/mol. The summed E-state index contributed by atoms with van der Waals surface area (Å²) in [6.07, 6.45) is 4.64. The van der Waals surface area contributed by atoms with Gasteiger partial charge in [0.2, 0.25) is 17.7 Å². The van der Waals surface area contributed by atoms with Gasteiger partial charge >= 0.3 is 11.6 Å². The van der Waals surface area contributed by atoms with Gasteiger partial charge in [-0.15, -0.1) is 10.2 Å². The zero-order chi connectivity index (χ0) is 30.7. The maximum absolute atomic E-state index is 12.1. The van der Waals surface area contributed by atoms with Crippen molar-refractivity contribution in [3.63, 3.8) is 0 Å². The number of ketones is 1. The SMILES string of the molecule is CCCCOCCOCCOCCCCC(=O)CCC(=O)Nc1ccc(-c2nnc(C)o2)cc1.O=S=O.[2H]P(=O)=S. The number of nitrogens with one attached hydrogen (secondary N) is 1.